The molecule has 2 fully saturated rings. The molecule has 0 atom stereocenters. The number of carbonyl (C=O) groups is 1. The van der Waals surface area contributed by atoms with Gasteiger partial charge in [0.1, 0.15) is 11.2 Å². The molecule has 1 aromatic heterocycles. The summed E-state index contributed by atoms with van der Waals surface area (Å²) in [5.41, 5.74) is 1.62. The van der Waals surface area contributed by atoms with Gasteiger partial charge in [0.2, 0.25) is 10.0 Å². The van der Waals surface area contributed by atoms with Crippen LogP contribution in [0.15, 0.2) is 35.5 Å². The molecule has 2 aliphatic heterocycles. The van der Waals surface area contributed by atoms with Crippen LogP contribution in [0.3, 0.4) is 0 Å². The van der Waals surface area contributed by atoms with Crippen LogP contribution < -0.4 is 0 Å². The average molecular weight is 415 g/mol. The van der Waals surface area contributed by atoms with Crippen LogP contribution >= 0.6 is 0 Å². The standard InChI is InChI=1S/C21H26N4O3S/c1-15-8-10-23(11-9-15)21(26)20-18-13-24(12-16-6-7-16)29(27,28)19-5-3-2-4-17(19)25(18)14-22-20/h2-5,14-16H,6-13H2,1H3. The number of amides is 1. The normalized spacial score (nSPS) is 22.0. The molecular formula is C21H26N4O3S. The van der Waals surface area contributed by atoms with Gasteiger partial charge >= 0.3 is 0 Å². The molecule has 0 spiro atoms. The van der Waals surface area contributed by atoms with Crippen molar-refractivity contribution in [2.24, 2.45) is 11.8 Å². The van der Waals surface area contributed by atoms with Gasteiger partial charge in [-0.15, -0.1) is 0 Å². The number of piperidine rings is 1. The lowest BCUT2D eigenvalue weighted by atomic mass is 9.99. The Hall–Kier alpha value is -2.19. The molecule has 29 heavy (non-hydrogen) atoms. The summed E-state index contributed by atoms with van der Waals surface area (Å²) in [6, 6.07) is 7.00. The highest BCUT2D eigenvalue weighted by molar-refractivity contribution is 7.89. The monoisotopic (exact) mass is 414 g/mol. The van der Waals surface area contributed by atoms with E-state index in [1.807, 2.05) is 11.0 Å². The van der Waals surface area contributed by atoms with Crippen molar-refractivity contribution in [3.63, 3.8) is 0 Å². The van der Waals surface area contributed by atoms with Gasteiger partial charge in [0.25, 0.3) is 5.91 Å². The third-order valence-corrected chi connectivity index (χ3v) is 8.23. The Kier molecular flexibility index (Phi) is 4.51. The Morgan fingerprint density at radius 3 is 2.59 bits per heavy atom. The van der Waals surface area contributed by atoms with Crippen LogP contribution in [-0.2, 0) is 16.6 Å². The number of para-hydroxylation sites is 1. The summed E-state index contributed by atoms with van der Waals surface area (Å²) < 4.78 is 30.1. The van der Waals surface area contributed by atoms with E-state index < -0.39 is 10.0 Å². The third kappa shape index (κ3) is 3.28. The Bertz CT molecular complexity index is 1050. The summed E-state index contributed by atoms with van der Waals surface area (Å²) in [4.78, 5) is 19.8. The number of carbonyl (C=O) groups excluding carboxylic acids is 1. The predicted octanol–water partition coefficient (Wildman–Crippen LogP) is 2.66. The van der Waals surface area contributed by atoms with E-state index in [2.05, 4.69) is 11.9 Å². The predicted molar refractivity (Wildman–Crippen MR) is 108 cm³/mol. The number of nitrogens with zero attached hydrogens (tertiary/aromatic N) is 4. The zero-order chi connectivity index (χ0) is 20.2. The molecule has 2 aromatic rings. The van der Waals surface area contributed by atoms with Crippen molar-refractivity contribution in [1.82, 2.24) is 18.8 Å². The second-order valence-electron chi connectivity index (χ2n) is 8.59. The van der Waals surface area contributed by atoms with Gasteiger partial charge in [-0.05, 0) is 49.7 Å². The number of benzene rings is 1. The molecule has 0 N–H and O–H groups in total. The van der Waals surface area contributed by atoms with Crippen LogP contribution in [0.1, 0.15) is 48.8 Å². The fourth-order valence-corrected chi connectivity index (χ4v) is 5.95. The Balaban J connectivity index is 1.58. The SMILES string of the molecule is CC1CCN(C(=O)c2ncn3c2CN(CC2CC2)S(=O)(=O)c2ccccc2-3)CC1. The van der Waals surface area contributed by atoms with Crippen LogP contribution in [-0.4, -0.2) is 52.7 Å². The quantitative estimate of drug-likeness (QED) is 0.774. The van der Waals surface area contributed by atoms with E-state index >= 15 is 0 Å². The molecular weight excluding hydrogens is 388 g/mol. The number of likely N-dealkylation sites (tertiary alicyclic amines) is 1. The first-order chi connectivity index (χ1) is 13.9. The van der Waals surface area contributed by atoms with E-state index in [4.69, 9.17) is 0 Å². The minimum Gasteiger partial charge on any atom is -0.337 e. The summed E-state index contributed by atoms with van der Waals surface area (Å²) in [6.45, 7) is 4.34. The molecule has 1 aromatic carbocycles. The van der Waals surface area contributed by atoms with Crippen molar-refractivity contribution in [3.05, 3.63) is 42.0 Å². The second kappa shape index (κ2) is 6.95. The van der Waals surface area contributed by atoms with Gasteiger partial charge in [0, 0.05) is 19.6 Å². The van der Waals surface area contributed by atoms with E-state index in [0.717, 1.165) is 38.8 Å². The first kappa shape index (κ1) is 18.8. The van der Waals surface area contributed by atoms with Gasteiger partial charge < -0.3 is 4.90 Å². The minimum absolute atomic E-state index is 0.0891. The van der Waals surface area contributed by atoms with Gasteiger partial charge in [0.15, 0.2) is 5.69 Å². The number of hydrogen-bond donors (Lipinski definition) is 0. The van der Waals surface area contributed by atoms with Crippen molar-refractivity contribution < 1.29 is 13.2 Å². The van der Waals surface area contributed by atoms with E-state index in [0.29, 0.717) is 35.5 Å². The van der Waals surface area contributed by atoms with E-state index in [1.54, 1.807) is 33.4 Å². The molecule has 8 heteroatoms. The highest BCUT2D eigenvalue weighted by Gasteiger charge is 2.38. The molecule has 1 saturated carbocycles. The van der Waals surface area contributed by atoms with Gasteiger partial charge in [-0.3, -0.25) is 9.36 Å². The lowest BCUT2D eigenvalue weighted by molar-refractivity contribution is 0.0690. The first-order valence-electron chi connectivity index (χ1n) is 10.4. The molecule has 0 bridgehead atoms. The van der Waals surface area contributed by atoms with E-state index in [9.17, 15) is 13.2 Å². The van der Waals surface area contributed by atoms with Crippen LogP contribution in [0.25, 0.3) is 5.69 Å². The number of rotatable bonds is 3. The molecule has 154 valence electrons. The Morgan fingerprint density at radius 1 is 1.14 bits per heavy atom. The zero-order valence-electron chi connectivity index (χ0n) is 16.6. The van der Waals surface area contributed by atoms with Crippen molar-refractivity contribution in [1.29, 1.82) is 0 Å². The summed E-state index contributed by atoms with van der Waals surface area (Å²) >= 11 is 0. The topological polar surface area (TPSA) is 75.5 Å². The molecule has 1 amide bonds. The third-order valence-electron chi connectivity index (χ3n) is 6.37. The molecule has 0 radical (unpaired) electrons. The number of hydrogen-bond acceptors (Lipinski definition) is 4. The summed E-state index contributed by atoms with van der Waals surface area (Å²) in [5, 5.41) is 0. The average Bonchev–Trinajstić information content (AvgIpc) is 3.45. The van der Waals surface area contributed by atoms with Crippen molar-refractivity contribution in [2.75, 3.05) is 19.6 Å². The fourth-order valence-electron chi connectivity index (χ4n) is 4.29. The molecule has 0 unspecified atom stereocenters. The molecule has 7 nitrogen and oxygen atoms in total. The summed E-state index contributed by atoms with van der Waals surface area (Å²) in [6.07, 6.45) is 5.71. The van der Waals surface area contributed by atoms with Crippen molar-refractivity contribution in [3.8, 4) is 5.69 Å². The number of sulfonamides is 1. The minimum atomic E-state index is -3.63. The lowest BCUT2D eigenvalue weighted by Crippen LogP contribution is -2.39. The van der Waals surface area contributed by atoms with Gasteiger partial charge in [-0.25, -0.2) is 13.4 Å². The van der Waals surface area contributed by atoms with Crippen LogP contribution in [0.2, 0.25) is 0 Å². The van der Waals surface area contributed by atoms with Crippen LogP contribution in [0.4, 0.5) is 0 Å². The highest BCUT2D eigenvalue weighted by Crippen LogP contribution is 2.36. The maximum Gasteiger partial charge on any atom is 0.274 e. The maximum absolute atomic E-state index is 13.4. The molecule has 1 aliphatic carbocycles. The smallest absolute Gasteiger partial charge is 0.274 e. The second-order valence-corrected chi connectivity index (χ2v) is 10.5. The van der Waals surface area contributed by atoms with Crippen LogP contribution in [0, 0.1) is 11.8 Å². The highest BCUT2D eigenvalue weighted by atomic mass is 32.2. The molecule has 3 aliphatic rings. The number of fused-ring (bicyclic) bond motifs is 3. The largest absolute Gasteiger partial charge is 0.337 e. The zero-order valence-corrected chi connectivity index (χ0v) is 17.4. The van der Waals surface area contributed by atoms with Gasteiger partial charge in [0.05, 0.1) is 17.9 Å². The van der Waals surface area contributed by atoms with Crippen molar-refractivity contribution in [2.45, 2.75) is 44.0 Å². The lowest BCUT2D eigenvalue weighted by Gasteiger charge is -2.30. The summed E-state index contributed by atoms with van der Waals surface area (Å²) in [7, 11) is -3.63. The molecule has 5 rings (SSSR count). The van der Waals surface area contributed by atoms with Crippen molar-refractivity contribution >= 4 is 15.9 Å². The first-order valence-corrected chi connectivity index (χ1v) is 11.8. The van der Waals surface area contributed by atoms with Gasteiger partial charge in [-0.2, -0.15) is 4.31 Å². The number of imidazole rings is 1. The number of aromatic nitrogens is 2. The van der Waals surface area contributed by atoms with Crippen LogP contribution in [0.5, 0.6) is 0 Å². The summed E-state index contributed by atoms with van der Waals surface area (Å²) in [5.74, 6) is 0.951. The van der Waals surface area contributed by atoms with Gasteiger partial charge in [-0.1, -0.05) is 19.1 Å². The Labute approximate surface area is 171 Å². The fraction of sp³-hybridized carbons (Fsp3) is 0.524. The molecule has 3 heterocycles. The van der Waals surface area contributed by atoms with E-state index in [-0.39, 0.29) is 17.3 Å². The van der Waals surface area contributed by atoms with E-state index in [1.165, 1.54) is 0 Å². The molecule has 1 saturated heterocycles. The maximum atomic E-state index is 13.4. The Morgan fingerprint density at radius 2 is 1.86 bits per heavy atom.